The molecule has 21 heavy (non-hydrogen) atoms. The van der Waals surface area contributed by atoms with E-state index in [0.29, 0.717) is 13.1 Å². The molecular weight excluding hydrogens is 286 g/mol. The molecule has 2 heterocycles. The van der Waals surface area contributed by atoms with Crippen LogP contribution in [0.1, 0.15) is 10.4 Å². The summed E-state index contributed by atoms with van der Waals surface area (Å²) in [5.74, 6) is 0.119. The molecule has 0 aliphatic carbocycles. The van der Waals surface area contributed by atoms with E-state index in [4.69, 9.17) is 4.74 Å². The van der Waals surface area contributed by atoms with Crippen LogP contribution in [-0.2, 0) is 16.1 Å². The molecule has 1 fully saturated rings. The largest absolute Gasteiger partial charge is 0.383 e. The standard InChI is InChI=1S/C15H25N3O2S/c1-13-3-10-21-14(13)11-16-15(19)12-18-6-4-17(5-7-18)8-9-20-2/h3,10H,4-9,11-12H2,1-2H3,(H,16,19). The number of carbonyl (C=O) groups is 1. The van der Waals surface area contributed by atoms with Crippen molar-refractivity contribution in [2.45, 2.75) is 13.5 Å². The summed E-state index contributed by atoms with van der Waals surface area (Å²) in [6.45, 7) is 8.93. The summed E-state index contributed by atoms with van der Waals surface area (Å²) in [5, 5.41) is 5.08. The predicted octanol–water partition coefficient (Wildman–Crippen LogP) is 0.937. The number of rotatable bonds is 7. The lowest BCUT2D eigenvalue weighted by Crippen LogP contribution is -2.49. The Labute approximate surface area is 130 Å². The molecule has 1 aliphatic rings. The molecular formula is C15H25N3O2S. The van der Waals surface area contributed by atoms with Crippen LogP contribution >= 0.6 is 11.3 Å². The minimum absolute atomic E-state index is 0.119. The molecule has 0 atom stereocenters. The van der Waals surface area contributed by atoms with Crippen molar-refractivity contribution in [1.82, 2.24) is 15.1 Å². The normalized spacial score (nSPS) is 17.0. The first-order valence-electron chi connectivity index (χ1n) is 7.42. The van der Waals surface area contributed by atoms with Crippen LogP contribution in [-0.4, -0.2) is 68.7 Å². The number of nitrogens with one attached hydrogen (secondary N) is 1. The van der Waals surface area contributed by atoms with Gasteiger partial charge in [-0.25, -0.2) is 0 Å². The fourth-order valence-corrected chi connectivity index (χ4v) is 3.26. The molecule has 0 spiro atoms. The molecule has 0 radical (unpaired) electrons. The van der Waals surface area contributed by atoms with Crippen LogP contribution in [0.3, 0.4) is 0 Å². The summed E-state index contributed by atoms with van der Waals surface area (Å²) in [6, 6.07) is 2.09. The van der Waals surface area contributed by atoms with Crippen LogP contribution in [0.4, 0.5) is 0 Å². The van der Waals surface area contributed by atoms with Gasteiger partial charge in [0.1, 0.15) is 0 Å². The van der Waals surface area contributed by atoms with E-state index in [-0.39, 0.29) is 5.91 Å². The van der Waals surface area contributed by atoms with Gasteiger partial charge in [-0.1, -0.05) is 0 Å². The van der Waals surface area contributed by atoms with Crippen LogP contribution in [0.5, 0.6) is 0 Å². The van der Waals surface area contributed by atoms with E-state index in [1.54, 1.807) is 18.4 Å². The Bertz CT molecular complexity index is 442. The van der Waals surface area contributed by atoms with Crippen LogP contribution in [0.25, 0.3) is 0 Å². The average Bonchev–Trinajstić information content (AvgIpc) is 2.90. The molecule has 1 aliphatic heterocycles. The van der Waals surface area contributed by atoms with Crippen molar-refractivity contribution in [3.63, 3.8) is 0 Å². The van der Waals surface area contributed by atoms with Crippen molar-refractivity contribution in [3.8, 4) is 0 Å². The minimum Gasteiger partial charge on any atom is -0.383 e. The number of amides is 1. The zero-order valence-electron chi connectivity index (χ0n) is 12.9. The van der Waals surface area contributed by atoms with Crippen molar-refractivity contribution in [2.75, 3.05) is 53.0 Å². The molecule has 1 aromatic rings. The molecule has 0 aromatic carbocycles. The lowest BCUT2D eigenvalue weighted by molar-refractivity contribution is -0.122. The van der Waals surface area contributed by atoms with Crippen LogP contribution < -0.4 is 5.32 Å². The lowest BCUT2D eigenvalue weighted by Gasteiger charge is -2.34. The number of carbonyl (C=O) groups excluding carboxylic acids is 1. The summed E-state index contributed by atoms with van der Waals surface area (Å²) in [6.07, 6.45) is 0. The number of hydrogen-bond acceptors (Lipinski definition) is 5. The summed E-state index contributed by atoms with van der Waals surface area (Å²) < 4.78 is 5.09. The average molecular weight is 311 g/mol. The van der Waals surface area contributed by atoms with Gasteiger partial charge in [-0.05, 0) is 23.9 Å². The summed E-state index contributed by atoms with van der Waals surface area (Å²) in [4.78, 5) is 17.8. The van der Waals surface area contributed by atoms with Crippen molar-refractivity contribution < 1.29 is 9.53 Å². The molecule has 118 valence electrons. The van der Waals surface area contributed by atoms with Crippen molar-refractivity contribution in [2.24, 2.45) is 0 Å². The number of aryl methyl sites for hydroxylation is 1. The second-order valence-corrected chi connectivity index (χ2v) is 6.41. The van der Waals surface area contributed by atoms with E-state index < -0.39 is 0 Å². The first kappa shape index (κ1) is 16.4. The van der Waals surface area contributed by atoms with Gasteiger partial charge in [-0.2, -0.15) is 0 Å². The lowest BCUT2D eigenvalue weighted by atomic mass is 10.3. The quantitative estimate of drug-likeness (QED) is 0.814. The van der Waals surface area contributed by atoms with E-state index >= 15 is 0 Å². The Morgan fingerprint density at radius 1 is 1.33 bits per heavy atom. The predicted molar refractivity (Wildman–Crippen MR) is 85.7 cm³/mol. The second kappa shape index (κ2) is 8.48. The Morgan fingerprint density at radius 2 is 2.05 bits per heavy atom. The fourth-order valence-electron chi connectivity index (χ4n) is 2.41. The molecule has 1 saturated heterocycles. The molecule has 6 heteroatoms. The Morgan fingerprint density at radius 3 is 2.67 bits per heavy atom. The number of hydrogen-bond donors (Lipinski definition) is 1. The van der Waals surface area contributed by atoms with Gasteiger partial charge in [-0.15, -0.1) is 11.3 Å². The third-order valence-electron chi connectivity index (χ3n) is 3.86. The van der Waals surface area contributed by atoms with Gasteiger partial charge in [0, 0.05) is 44.7 Å². The van der Waals surface area contributed by atoms with Crippen molar-refractivity contribution in [1.29, 1.82) is 0 Å². The van der Waals surface area contributed by atoms with Gasteiger partial charge in [0.25, 0.3) is 0 Å². The molecule has 0 saturated carbocycles. The highest BCUT2D eigenvalue weighted by Crippen LogP contribution is 2.14. The zero-order valence-corrected chi connectivity index (χ0v) is 13.7. The molecule has 2 rings (SSSR count). The van der Waals surface area contributed by atoms with E-state index in [9.17, 15) is 4.79 Å². The monoisotopic (exact) mass is 311 g/mol. The third-order valence-corrected chi connectivity index (χ3v) is 4.88. The first-order valence-corrected chi connectivity index (χ1v) is 8.30. The second-order valence-electron chi connectivity index (χ2n) is 5.41. The topological polar surface area (TPSA) is 44.8 Å². The van der Waals surface area contributed by atoms with Crippen molar-refractivity contribution >= 4 is 17.2 Å². The smallest absolute Gasteiger partial charge is 0.234 e. The maximum Gasteiger partial charge on any atom is 0.234 e. The summed E-state index contributed by atoms with van der Waals surface area (Å²) in [7, 11) is 1.73. The molecule has 0 unspecified atom stereocenters. The zero-order chi connectivity index (χ0) is 15.1. The summed E-state index contributed by atoms with van der Waals surface area (Å²) in [5.41, 5.74) is 1.26. The van der Waals surface area contributed by atoms with Gasteiger partial charge in [-0.3, -0.25) is 14.6 Å². The number of ether oxygens (including phenoxy) is 1. The SMILES string of the molecule is COCCN1CCN(CC(=O)NCc2sccc2C)CC1. The highest BCUT2D eigenvalue weighted by Gasteiger charge is 2.18. The highest BCUT2D eigenvalue weighted by atomic mass is 32.1. The molecule has 1 aromatic heterocycles. The Kier molecular flexibility index (Phi) is 6.63. The van der Waals surface area contributed by atoms with Crippen LogP contribution in [0.15, 0.2) is 11.4 Å². The first-order chi connectivity index (χ1) is 10.2. The maximum absolute atomic E-state index is 12.0. The van der Waals surface area contributed by atoms with Crippen LogP contribution in [0.2, 0.25) is 0 Å². The van der Waals surface area contributed by atoms with Gasteiger partial charge in [0.2, 0.25) is 5.91 Å². The minimum atomic E-state index is 0.119. The van der Waals surface area contributed by atoms with E-state index in [1.165, 1.54) is 10.4 Å². The number of piperazine rings is 1. The highest BCUT2D eigenvalue weighted by molar-refractivity contribution is 7.10. The van der Waals surface area contributed by atoms with Gasteiger partial charge in [0.05, 0.1) is 19.7 Å². The van der Waals surface area contributed by atoms with Gasteiger partial charge in [0.15, 0.2) is 0 Å². The number of methoxy groups -OCH3 is 1. The van der Waals surface area contributed by atoms with Gasteiger partial charge >= 0.3 is 0 Å². The molecule has 1 amide bonds. The Balaban J connectivity index is 1.64. The number of thiophene rings is 1. The molecule has 5 nitrogen and oxygen atoms in total. The van der Waals surface area contributed by atoms with Crippen LogP contribution in [0, 0.1) is 6.92 Å². The van der Waals surface area contributed by atoms with E-state index in [1.807, 2.05) is 0 Å². The maximum atomic E-state index is 12.0. The van der Waals surface area contributed by atoms with E-state index in [2.05, 4.69) is 33.5 Å². The number of nitrogens with zero attached hydrogens (tertiary/aromatic N) is 2. The fraction of sp³-hybridized carbons (Fsp3) is 0.667. The third kappa shape index (κ3) is 5.39. The Hall–Kier alpha value is -0.950. The molecule has 0 bridgehead atoms. The molecule has 1 N–H and O–H groups in total. The van der Waals surface area contributed by atoms with Gasteiger partial charge < -0.3 is 10.1 Å². The summed E-state index contributed by atoms with van der Waals surface area (Å²) >= 11 is 1.70. The van der Waals surface area contributed by atoms with E-state index in [0.717, 1.165) is 39.3 Å². The van der Waals surface area contributed by atoms with Crippen molar-refractivity contribution in [3.05, 3.63) is 21.9 Å².